The van der Waals surface area contributed by atoms with Crippen molar-refractivity contribution in [3.63, 3.8) is 0 Å². The van der Waals surface area contributed by atoms with E-state index in [1.54, 1.807) is 31.1 Å². The summed E-state index contributed by atoms with van der Waals surface area (Å²) in [5.74, 6) is 1.37. The van der Waals surface area contributed by atoms with E-state index >= 15 is 0 Å². The number of carbonyl (C=O) groups is 1. The molecular weight excluding hydrogens is 582 g/mol. The number of anilines is 4. The van der Waals surface area contributed by atoms with Crippen LogP contribution in [0.15, 0.2) is 64.8 Å². The largest absolute Gasteiger partial charge is 0.394 e. The second-order valence-electron chi connectivity index (χ2n) is 11.0. The molecule has 1 aliphatic rings. The number of allylic oxidation sites excluding steroid dienone is 1. The van der Waals surface area contributed by atoms with Crippen LogP contribution in [0.2, 0.25) is 5.02 Å². The Morgan fingerprint density at radius 3 is 2.53 bits per heavy atom. The fourth-order valence-electron chi connectivity index (χ4n) is 4.56. The van der Waals surface area contributed by atoms with Gasteiger partial charge in [-0.05, 0) is 76.4 Å². The zero-order valence-corrected chi connectivity index (χ0v) is 27.3. The van der Waals surface area contributed by atoms with Gasteiger partial charge in [0.1, 0.15) is 0 Å². The highest BCUT2D eigenvalue weighted by Crippen LogP contribution is 2.46. The highest BCUT2D eigenvalue weighted by Gasteiger charge is 2.24. The summed E-state index contributed by atoms with van der Waals surface area (Å²) in [6, 6.07) is 13.9. The van der Waals surface area contributed by atoms with Crippen molar-refractivity contribution in [1.29, 1.82) is 0 Å². The molecule has 0 spiro atoms. The van der Waals surface area contributed by atoms with Gasteiger partial charge in [-0.15, -0.1) is 0 Å². The monoisotopic (exact) mass is 621 g/mol. The number of benzene rings is 2. The Morgan fingerprint density at radius 1 is 1.14 bits per heavy atom. The third kappa shape index (κ3) is 7.87. The molecule has 228 valence electrons. The van der Waals surface area contributed by atoms with E-state index in [2.05, 4.69) is 76.4 Å². The molecule has 0 fully saturated rings. The normalized spacial score (nSPS) is 14.2. The molecule has 0 aliphatic carbocycles. The smallest absolute Gasteiger partial charge is 0.227 e. The first-order chi connectivity index (χ1) is 20.5. The summed E-state index contributed by atoms with van der Waals surface area (Å²) in [7, 11) is 0. The van der Waals surface area contributed by atoms with Crippen molar-refractivity contribution in [3.05, 3.63) is 70.5 Å². The molecular formula is C32H40ClN7O2S. The number of hydrogen-bond donors (Lipinski definition) is 3. The molecule has 0 unspecified atom stereocenters. The Kier molecular flexibility index (Phi) is 10.7. The Bertz CT molecular complexity index is 1620. The molecule has 1 aliphatic heterocycles. The summed E-state index contributed by atoms with van der Waals surface area (Å²) in [6.07, 6.45) is 3.48. The van der Waals surface area contributed by atoms with Gasteiger partial charge in [-0.3, -0.25) is 4.79 Å². The lowest BCUT2D eigenvalue weighted by atomic mass is 10.1. The number of fused-ring (bicyclic) bond motifs is 2. The Labute approximate surface area is 262 Å². The van der Waals surface area contributed by atoms with Crippen LogP contribution in [-0.2, 0) is 4.79 Å². The second kappa shape index (κ2) is 14.2. The molecule has 9 nitrogen and oxygen atoms in total. The molecule has 2 aromatic heterocycles. The molecule has 3 N–H and O–H groups in total. The van der Waals surface area contributed by atoms with E-state index in [0.717, 1.165) is 22.9 Å². The maximum atomic E-state index is 11.2. The molecule has 0 saturated carbocycles. The van der Waals surface area contributed by atoms with Crippen molar-refractivity contribution >= 4 is 63.5 Å². The Balaban J connectivity index is 0.000000225. The summed E-state index contributed by atoms with van der Waals surface area (Å²) in [6.45, 7) is 14.9. The molecule has 4 aromatic rings. The first kappa shape index (κ1) is 32.3. The summed E-state index contributed by atoms with van der Waals surface area (Å²) >= 11 is 7.77. The number of nitrogens with one attached hydrogen (secondary N) is 2. The van der Waals surface area contributed by atoms with Crippen LogP contribution in [0.3, 0.4) is 0 Å². The van der Waals surface area contributed by atoms with E-state index in [9.17, 15) is 9.90 Å². The number of hydrogen-bond acceptors (Lipinski definition) is 9. The van der Waals surface area contributed by atoms with Gasteiger partial charge in [-0.1, -0.05) is 49.3 Å². The van der Waals surface area contributed by atoms with Gasteiger partial charge in [0, 0.05) is 34.3 Å². The number of aromatic nitrogens is 4. The molecule has 5 rings (SSSR count). The highest BCUT2D eigenvalue weighted by molar-refractivity contribution is 8.03. The fourth-order valence-corrected chi connectivity index (χ4v) is 5.94. The molecule has 0 saturated heterocycles. The first-order valence-corrected chi connectivity index (χ1v) is 15.6. The van der Waals surface area contributed by atoms with Gasteiger partial charge in [-0.25, -0.2) is 4.98 Å². The van der Waals surface area contributed by atoms with Crippen LogP contribution < -0.4 is 15.5 Å². The lowest BCUT2D eigenvalue weighted by Crippen LogP contribution is -2.30. The fraction of sp³-hybridized carbons (Fsp3) is 0.375. The van der Waals surface area contributed by atoms with Gasteiger partial charge in [0.25, 0.3) is 0 Å². The Morgan fingerprint density at radius 2 is 1.91 bits per heavy atom. The number of thioether (sulfide) groups is 1. The zero-order valence-electron chi connectivity index (χ0n) is 25.7. The number of nitrogens with zero attached hydrogens (tertiary/aromatic N) is 5. The van der Waals surface area contributed by atoms with Crippen molar-refractivity contribution in [3.8, 4) is 0 Å². The van der Waals surface area contributed by atoms with Crippen LogP contribution >= 0.6 is 23.4 Å². The van der Waals surface area contributed by atoms with Crippen LogP contribution in [0.25, 0.3) is 11.2 Å². The number of halogens is 1. The quantitative estimate of drug-likeness (QED) is 0.163. The van der Waals surface area contributed by atoms with Gasteiger partial charge in [0.15, 0.2) is 22.8 Å². The van der Waals surface area contributed by atoms with Crippen LogP contribution in [0.5, 0.6) is 0 Å². The van der Waals surface area contributed by atoms with E-state index in [1.807, 2.05) is 42.7 Å². The van der Waals surface area contributed by atoms with Gasteiger partial charge < -0.3 is 25.2 Å². The Hall–Kier alpha value is -3.60. The van der Waals surface area contributed by atoms with Crippen LogP contribution in [0, 0.1) is 12.8 Å². The maximum absolute atomic E-state index is 11.2. The van der Waals surface area contributed by atoms with Gasteiger partial charge in [0.05, 0.1) is 29.7 Å². The molecule has 0 radical (unpaired) electrons. The number of carbonyl (C=O) groups excluding carboxylic acids is 1. The summed E-state index contributed by atoms with van der Waals surface area (Å²) in [5.41, 5.74) is 4.70. The van der Waals surface area contributed by atoms with Gasteiger partial charge in [-0.2, -0.15) is 9.97 Å². The standard InChI is InChI=1S/C19H25ClN6O.C13H15NOS/c1-11(2)15(9-27)23-19-24-17(22-14-7-5-6-13(20)8-14)16-18(25-19)26(10-21-16)12(3)4;1-4-14-11-7-9(2)5-6-12(11)16-13(14)8-10(3)15/h5-8,10-12,15,27H,9H2,1-4H3,(H2,22,23,24,25);5-8H,4H2,1-3H3/b;13-8-/t15-;/m0./s1. The molecule has 2 aromatic carbocycles. The van der Waals surface area contributed by atoms with Gasteiger partial charge >= 0.3 is 0 Å². The minimum atomic E-state index is -0.142. The minimum Gasteiger partial charge on any atom is -0.394 e. The van der Waals surface area contributed by atoms with Crippen LogP contribution in [-0.4, -0.2) is 49.6 Å². The SMILES string of the molecule is CC(C)[C@H](CO)Nc1nc(Nc2cccc(Cl)c2)c2ncn(C(C)C)c2n1.CCN1/C(=C/C(C)=O)Sc2ccc(C)cc21. The van der Waals surface area contributed by atoms with Gasteiger partial charge in [0.2, 0.25) is 5.95 Å². The second-order valence-corrected chi connectivity index (χ2v) is 12.5. The predicted octanol–water partition coefficient (Wildman–Crippen LogP) is 7.59. The third-order valence-electron chi connectivity index (χ3n) is 6.91. The summed E-state index contributed by atoms with van der Waals surface area (Å²) in [5, 5.41) is 17.8. The average molecular weight is 622 g/mol. The topological polar surface area (TPSA) is 108 Å². The van der Waals surface area contributed by atoms with Crippen molar-refractivity contribution < 1.29 is 9.90 Å². The molecule has 0 bridgehead atoms. The first-order valence-electron chi connectivity index (χ1n) is 14.4. The lowest BCUT2D eigenvalue weighted by Gasteiger charge is -2.20. The minimum absolute atomic E-state index is 0.000435. The molecule has 1 atom stereocenters. The molecule has 3 heterocycles. The summed E-state index contributed by atoms with van der Waals surface area (Å²) in [4.78, 5) is 28.3. The maximum Gasteiger partial charge on any atom is 0.227 e. The number of ketones is 1. The number of aryl methyl sites for hydroxylation is 1. The summed E-state index contributed by atoms with van der Waals surface area (Å²) < 4.78 is 1.99. The van der Waals surface area contributed by atoms with Crippen LogP contribution in [0.4, 0.5) is 23.1 Å². The van der Waals surface area contributed by atoms with Crippen molar-refractivity contribution in [2.24, 2.45) is 5.92 Å². The zero-order chi connectivity index (χ0) is 31.3. The van der Waals surface area contributed by atoms with Crippen molar-refractivity contribution in [2.45, 2.75) is 65.4 Å². The number of imidazole rings is 1. The number of rotatable bonds is 9. The predicted molar refractivity (Wildman–Crippen MR) is 179 cm³/mol. The van der Waals surface area contributed by atoms with E-state index in [4.69, 9.17) is 11.6 Å². The molecule has 0 amide bonds. The van der Waals surface area contributed by atoms with Crippen LogP contribution in [0.1, 0.15) is 53.1 Å². The average Bonchev–Trinajstić information content (AvgIpc) is 3.52. The van der Waals surface area contributed by atoms with Crippen molar-refractivity contribution in [2.75, 3.05) is 28.7 Å². The lowest BCUT2D eigenvalue weighted by molar-refractivity contribution is -0.112. The highest BCUT2D eigenvalue weighted by atomic mass is 35.5. The van der Waals surface area contributed by atoms with E-state index < -0.39 is 0 Å². The van der Waals surface area contributed by atoms with E-state index in [1.165, 1.54) is 16.1 Å². The third-order valence-corrected chi connectivity index (χ3v) is 8.26. The number of aliphatic hydroxyl groups is 1. The van der Waals surface area contributed by atoms with E-state index in [0.29, 0.717) is 22.3 Å². The number of aliphatic hydroxyl groups excluding tert-OH is 1. The van der Waals surface area contributed by atoms with E-state index in [-0.39, 0.29) is 30.4 Å². The van der Waals surface area contributed by atoms with Crippen molar-refractivity contribution in [1.82, 2.24) is 19.5 Å². The molecule has 11 heteroatoms. The molecule has 43 heavy (non-hydrogen) atoms.